The van der Waals surface area contributed by atoms with E-state index >= 15 is 0 Å². The molecular formula is C11H23ClOSi. The summed E-state index contributed by atoms with van der Waals surface area (Å²) in [4.78, 5) is 0. The fraction of sp³-hybridized carbons (Fsp3) is 1.00. The Kier molecular flexibility index (Phi) is 4.47. The van der Waals surface area contributed by atoms with Crippen molar-refractivity contribution in [3.63, 3.8) is 0 Å². The summed E-state index contributed by atoms with van der Waals surface area (Å²) in [6.07, 6.45) is 4.27. The predicted octanol–water partition coefficient (Wildman–Crippen LogP) is 3.81. The number of hydrogen-bond acceptors (Lipinski definition) is 1. The molecule has 0 aliphatic heterocycles. The summed E-state index contributed by atoms with van der Waals surface area (Å²) in [5.74, 6) is 1.68. The van der Waals surface area contributed by atoms with E-state index in [2.05, 4.69) is 26.9 Å². The maximum atomic E-state index is 6.15. The lowest BCUT2D eigenvalue weighted by Crippen LogP contribution is -2.40. The molecule has 3 atom stereocenters. The molecule has 0 aromatic heterocycles. The monoisotopic (exact) mass is 234 g/mol. The first-order chi connectivity index (χ1) is 6.44. The first kappa shape index (κ1) is 12.5. The average Bonchev–Trinajstić information content (AvgIpc) is 2.11. The Morgan fingerprint density at radius 2 is 1.86 bits per heavy atom. The third-order valence-corrected chi connectivity index (χ3v) is 6.90. The summed E-state index contributed by atoms with van der Waals surface area (Å²) in [6, 6.07) is 0. The first-order valence-electron chi connectivity index (χ1n) is 5.68. The van der Waals surface area contributed by atoms with Gasteiger partial charge in [0.1, 0.15) is 0 Å². The molecule has 1 rings (SSSR count). The fourth-order valence-corrected chi connectivity index (χ4v) is 3.46. The Morgan fingerprint density at radius 3 is 2.36 bits per heavy atom. The molecule has 1 saturated carbocycles. The second-order valence-electron chi connectivity index (χ2n) is 5.40. The van der Waals surface area contributed by atoms with Gasteiger partial charge in [0.2, 0.25) is 8.32 Å². The third-order valence-electron chi connectivity index (χ3n) is 3.36. The Bertz CT molecular complexity index is 184. The number of halogens is 1. The van der Waals surface area contributed by atoms with Crippen molar-refractivity contribution >= 4 is 19.9 Å². The van der Waals surface area contributed by atoms with Crippen LogP contribution in [0, 0.1) is 11.8 Å². The van der Waals surface area contributed by atoms with Crippen molar-refractivity contribution in [1.82, 2.24) is 0 Å². The maximum Gasteiger partial charge on any atom is 0.201 e. The molecule has 1 aliphatic carbocycles. The van der Waals surface area contributed by atoms with Crippen LogP contribution in [0.15, 0.2) is 0 Å². The molecule has 0 N–H and O–H groups in total. The van der Waals surface area contributed by atoms with Gasteiger partial charge in [-0.1, -0.05) is 13.8 Å². The molecule has 0 aromatic carbocycles. The summed E-state index contributed by atoms with van der Waals surface area (Å²) in [5.41, 5.74) is 0.716. The Morgan fingerprint density at radius 1 is 1.21 bits per heavy atom. The van der Waals surface area contributed by atoms with Crippen LogP contribution in [0.1, 0.15) is 33.1 Å². The van der Waals surface area contributed by atoms with Crippen molar-refractivity contribution in [3.8, 4) is 0 Å². The van der Waals surface area contributed by atoms with Crippen molar-refractivity contribution in [1.29, 1.82) is 0 Å². The molecule has 0 heterocycles. The van der Waals surface area contributed by atoms with Gasteiger partial charge in [-0.25, -0.2) is 0 Å². The molecule has 14 heavy (non-hydrogen) atoms. The highest BCUT2D eigenvalue weighted by Gasteiger charge is 2.30. The van der Waals surface area contributed by atoms with Gasteiger partial charge < -0.3 is 4.43 Å². The standard InChI is InChI=1S/C11H23ClOSi/c1-9-5-6-11(7-10(9)2)13-14(3,4)8-12/h9-11H,5-8H2,1-4H3. The number of rotatable bonds is 3. The van der Waals surface area contributed by atoms with E-state index in [1.54, 1.807) is 0 Å². The lowest BCUT2D eigenvalue weighted by atomic mass is 9.80. The second-order valence-corrected chi connectivity index (χ2v) is 10.2. The van der Waals surface area contributed by atoms with E-state index in [1.165, 1.54) is 19.3 Å². The lowest BCUT2D eigenvalue weighted by Gasteiger charge is -2.36. The van der Waals surface area contributed by atoms with E-state index in [4.69, 9.17) is 16.0 Å². The summed E-state index contributed by atoms with van der Waals surface area (Å²) >= 11 is 5.91. The molecule has 1 fully saturated rings. The minimum Gasteiger partial charge on any atom is -0.413 e. The van der Waals surface area contributed by atoms with Crippen molar-refractivity contribution in [2.24, 2.45) is 11.8 Å². The van der Waals surface area contributed by atoms with Crippen molar-refractivity contribution in [2.45, 2.75) is 52.3 Å². The van der Waals surface area contributed by atoms with Crippen molar-refractivity contribution in [3.05, 3.63) is 0 Å². The quantitative estimate of drug-likeness (QED) is 0.533. The zero-order valence-electron chi connectivity index (χ0n) is 9.85. The van der Waals surface area contributed by atoms with E-state index < -0.39 is 8.32 Å². The van der Waals surface area contributed by atoms with Crippen LogP contribution in [0.25, 0.3) is 0 Å². The molecule has 84 valence electrons. The molecule has 0 saturated heterocycles. The van der Waals surface area contributed by atoms with Gasteiger partial charge in [0.15, 0.2) is 0 Å². The van der Waals surface area contributed by atoms with Crippen LogP contribution in [-0.4, -0.2) is 19.9 Å². The molecule has 0 bridgehead atoms. The minimum absolute atomic E-state index is 0.488. The maximum absolute atomic E-state index is 6.15. The van der Waals surface area contributed by atoms with Gasteiger partial charge in [-0.05, 0) is 44.2 Å². The third kappa shape index (κ3) is 3.56. The minimum atomic E-state index is -1.55. The van der Waals surface area contributed by atoms with E-state index in [9.17, 15) is 0 Å². The van der Waals surface area contributed by atoms with Crippen LogP contribution < -0.4 is 0 Å². The van der Waals surface area contributed by atoms with Crippen molar-refractivity contribution in [2.75, 3.05) is 5.50 Å². The zero-order valence-corrected chi connectivity index (χ0v) is 11.6. The highest BCUT2D eigenvalue weighted by Crippen LogP contribution is 2.32. The highest BCUT2D eigenvalue weighted by molar-refractivity contribution is 6.77. The largest absolute Gasteiger partial charge is 0.413 e. The summed E-state index contributed by atoms with van der Waals surface area (Å²) in [5, 5.41) is 0. The van der Waals surface area contributed by atoms with Gasteiger partial charge in [0.05, 0.1) is 0 Å². The molecular weight excluding hydrogens is 212 g/mol. The Balaban J connectivity index is 2.40. The molecule has 1 aliphatic rings. The van der Waals surface area contributed by atoms with Gasteiger partial charge in [0.25, 0.3) is 0 Å². The van der Waals surface area contributed by atoms with Gasteiger partial charge >= 0.3 is 0 Å². The topological polar surface area (TPSA) is 9.23 Å². The fourth-order valence-electron chi connectivity index (χ4n) is 2.09. The van der Waals surface area contributed by atoms with Crippen LogP contribution in [0.5, 0.6) is 0 Å². The van der Waals surface area contributed by atoms with Crippen molar-refractivity contribution < 1.29 is 4.43 Å². The van der Waals surface area contributed by atoms with Gasteiger partial charge in [-0.2, -0.15) is 0 Å². The normalized spacial score (nSPS) is 34.5. The summed E-state index contributed by atoms with van der Waals surface area (Å²) in [6.45, 7) is 9.12. The molecule has 1 nitrogen and oxygen atoms in total. The second kappa shape index (κ2) is 5.00. The molecule has 3 heteroatoms. The zero-order chi connectivity index (χ0) is 10.8. The Labute approximate surface area is 94.3 Å². The van der Waals surface area contributed by atoms with Crippen LogP contribution in [0.4, 0.5) is 0 Å². The molecule has 0 amide bonds. The van der Waals surface area contributed by atoms with Gasteiger partial charge in [-0.3, -0.25) is 0 Å². The summed E-state index contributed by atoms with van der Waals surface area (Å²) < 4.78 is 6.15. The van der Waals surface area contributed by atoms with E-state index in [1.807, 2.05) is 0 Å². The molecule has 0 aromatic rings. The van der Waals surface area contributed by atoms with E-state index in [-0.39, 0.29) is 0 Å². The van der Waals surface area contributed by atoms with Crippen LogP contribution in [-0.2, 0) is 4.43 Å². The predicted molar refractivity (Wildman–Crippen MR) is 65.3 cm³/mol. The van der Waals surface area contributed by atoms with Gasteiger partial charge in [0, 0.05) is 11.6 Å². The highest BCUT2D eigenvalue weighted by atomic mass is 35.5. The van der Waals surface area contributed by atoms with Crippen LogP contribution in [0.2, 0.25) is 13.1 Å². The molecule has 3 unspecified atom stereocenters. The SMILES string of the molecule is CC1CCC(O[Si](C)(C)CCl)CC1C. The van der Waals surface area contributed by atoms with E-state index in [0.717, 1.165) is 11.8 Å². The Hall–Kier alpha value is 0.467. The van der Waals surface area contributed by atoms with Crippen LogP contribution in [0.3, 0.4) is 0 Å². The lowest BCUT2D eigenvalue weighted by molar-refractivity contribution is 0.0946. The molecule has 0 radical (unpaired) electrons. The smallest absolute Gasteiger partial charge is 0.201 e. The summed E-state index contributed by atoms with van der Waals surface area (Å²) in [7, 11) is -1.55. The van der Waals surface area contributed by atoms with E-state index in [0.29, 0.717) is 11.6 Å². The number of hydrogen-bond donors (Lipinski definition) is 0. The number of alkyl halides is 1. The molecule has 0 spiro atoms. The van der Waals surface area contributed by atoms with Crippen LogP contribution >= 0.6 is 11.6 Å². The van der Waals surface area contributed by atoms with Gasteiger partial charge in [-0.15, -0.1) is 11.6 Å². The first-order valence-corrected chi connectivity index (χ1v) is 9.33. The average molecular weight is 235 g/mol.